The SMILES string of the molecule is COC(=O)c1ccc(-c2ccc(CNCCCSc3nnnn3-c3ccccc3)o2)cc1.Cl. The number of rotatable bonds is 10. The van der Waals surface area contributed by atoms with Crippen molar-refractivity contribution in [1.82, 2.24) is 25.5 Å². The minimum absolute atomic E-state index is 0. The number of nitrogens with zero attached hydrogens (tertiary/aromatic N) is 4. The van der Waals surface area contributed by atoms with Crippen LogP contribution in [-0.4, -0.2) is 45.6 Å². The number of esters is 1. The minimum Gasteiger partial charge on any atom is -0.465 e. The summed E-state index contributed by atoms with van der Waals surface area (Å²) in [6, 6.07) is 20.9. The maximum Gasteiger partial charge on any atom is 0.337 e. The average molecular weight is 486 g/mol. The molecule has 4 rings (SSSR count). The van der Waals surface area contributed by atoms with Gasteiger partial charge in [0, 0.05) is 11.3 Å². The third-order valence-electron chi connectivity index (χ3n) is 4.72. The van der Waals surface area contributed by atoms with Gasteiger partial charge in [0.1, 0.15) is 11.5 Å². The first-order valence-electron chi connectivity index (χ1n) is 10.2. The van der Waals surface area contributed by atoms with Gasteiger partial charge in [-0.25, -0.2) is 4.79 Å². The molecule has 8 nitrogen and oxygen atoms in total. The lowest BCUT2D eigenvalue weighted by molar-refractivity contribution is 0.0600. The number of hydrogen-bond acceptors (Lipinski definition) is 8. The van der Waals surface area contributed by atoms with Crippen LogP contribution in [0.15, 0.2) is 76.3 Å². The van der Waals surface area contributed by atoms with Crippen molar-refractivity contribution in [3.63, 3.8) is 0 Å². The third kappa shape index (κ3) is 6.44. The summed E-state index contributed by atoms with van der Waals surface area (Å²) < 4.78 is 12.4. The lowest BCUT2D eigenvalue weighted by Gasteiger charge is -2.05. The predicted octanol–water partition coefficient (Wildman–Crippen LogP) is 4.40. The number of halogens is 1. The van der Waals surface area contributed by atoms with Gasteiger partial charge in [0.25, 0.3) is 0 Å². The first-order valence-corrected chi connectivity index (χ1v) is 11.2. The molecule has 2 aromatic heterocycles. The first kappa shape index (κ1) is 24.5. The van der Waals surface area contributed by atoms with E-state index in [9.17, 15) is 4.79 Å². The van der Waals surface area contributed by atoms with Gasteiger partial charge in [0.2, 0.25) is 5.16 Å². The Bertz CT molecular complexity index is 1150. The van der Waals surface area contributed by atoms with Crippen molar-refractivity contribution < 1.29 is 13.9 Å². The Labute approximate surface area is 202 Å². The molecular weight excluding hydrogens is 462 g/mol. The molecule has 0 saturated heterocycles. The standard InChI is InChI=1S/C23H23N5O3S.ClH/c1-30-22(29)18-10-8-17(9-11-18)21-13-12-20(31-21)16-24-14-5-15-32-23-25-26-27-28(23)19-6-3-2-4-7-19;/h2-4,6-13,24H,5,14-16H2,1H3;1H. The van der Waals surface area contributed by atoms with E-state index in [-0.39, 0.29) is 18.4 Å². The average Bonchev–Trinajstić information content (AvgIpc) is 3.51. The molecule has 0 amide bonds. The van der Waals surface area contributed by atoms with Crippen molar-refractivity contribution >= 4 is 30.1 Å². The highest BCUT2D eigenvalue weighted by Gasteiger charge is 2.09. The van der Waals surface area contributed by atoms with Crippen molar-refractivity contribution in [3.05, 3.63) is 78.1 Å². The van der Waals surface area contributed by atoms with Gasteiger partial charge in [0.15, 0.2) is 0 Å². The molecule has 0 aliphatic heterocycles. The molecule has 1 N–H and O–H groups in total. The van der Waals surface area contributed by atoms with Gasteiger partial charge < -0.3 is 14.5 Å². The van der Waals surface area contributed by atoms with Crippen molar-refractivity contribution in [3.8, 4) is 17.0 Å². The largest absolute Gasteiger partial charge is 0.465 e. The molecule has 0 saturated carbocycles. The van der Waals surface area contributed by atoms with E-state index in [1.54, 1.807) is 28.6 Å². The number of methoxy groups -OCH3 is 1. The quantitative estimate of drug-likeness (QED) is 0.200. The van der Waals surface area contributed by atoms with Crippen LogP contribution in [0.1, 0.15) is 22.5 Å². The lowest BCUT2D eigenvalue weighted by atomic mass is 10.1. The summed E-state index contributed by atoms with van der Waals surface area (Å²) in [5.74, 6) is 2.17. The molecule has 0 aliphatic rings. The normalized spacial score (nSPS) is 10.6. The summed E-state index contributed by atoms with van der Waals surface area (Å²) in [7, 11) is 1.37. The molecular formula is C23H24ClN5O3S. The van der Waals surface area contributed by atoms with E-state index in [2.05, 4.69) is 20.8 Å². The van der Waals surface area contributed by atoms with Crippen molar-refractivity contribution in [2.45, 2.75) is 18.1 Å². The van der Waals surface area contributed by atoms with Crippen LogP contribution in [-0.2, 0) is 11.3 Å². The number of carbonyl (C=O) groups is 1. The minimum atomic E-state index is -0.351. The number of nitrogens with one attached hydrogen (secondary N) is 1. The first-order chi connectivity index (χ1) is 15.7. The molecule has 0 spiro atoms. The number of carbonyl (C=O) groups excluding carboxylic acids is 1. The Morgan fingerprint density at radius 1 is 1.09 bits per heavy atom. The molecule has 0 aliphatic carbocycles. The second kappa shape index (κ2) is 12.2. The van der Waals surface area contributed by atoms with Crippen LogP contribution in [0.5, 0.6) is 0 Å². The van der Waals surface area contributed by atoms with Gasteiger partial charge in [-0.2, -0.15) is 4.68 Å². The van der Waals surface area contributed by atoms with Crippen LogP contribution in [0.25, 0.3) is 17.0 Å². The fraction of sp³-hybridized carbons (Fsp3) is 0.217. The highest BCUT2D eigenvalue weighted by Crippen LogP contribution is 2.23. The van der Waals surface area contributed by atoms with E-state index < -0.39 is 0 Å². The number of hydrogen-bond donors (Lipinski definition) is 1. The Kier molecular flexibility index (Phi) is 9.05. The molecule has 0 atom stereocenters. The number of aromatic nitrogens is 4. The number of benzene rings is 2. The summed E-state index contributed by atoms with van der Waals surface area (Å²) in [4.78, 5) is 11.5. The monoisotopic (exact) mass is 485 g/mol. The highest BCUT2D eigenvalue weighted by atomic mass is 35.5. The summed E-state index contributed by atoms with van der Waals surface area (Å²) in [5.41, 5.74) is 2.38. The molecule has 2 heterocycles. The Morgan fingerprint density at radius 2 is 1.88 bits per heavy atom. The van der Waals surface area contributed by atoms with E-state index in [1.807, 2.05) is 54.6 Å². The number of thioether (sulfide) groups is 1. The topological polar surface area (TPSA) is 95.1 Å². The van der Waals surface area contributed by atoms with Crippen molar-refractivity contribution in [2.24, 2.45) is 0 Å². The van der Waals surface area contributed by atoms with Crippen molar-refractivity contribution in [1.29, 1.82) is 0 Å². The molecule has 0 fully saturated rings. The number of tetrazole rings is 1. The van der Waals surface area contributed by atoms with Gasteiger partial charge in [-0.1, -0.05) is 42.1 Å². The van der Waals surface area contributed by atoms with E-state index in [4.69, 9.17) is 9.15 Å². The van der Waals surface area contributed by atoms with Crippen LogP contribution in [0.4, 0.5) is 0 Å². The smallest absolute Gasteiger partial charge is 0.337 e. The molecule has 10 heteroatoms. The molecule has 172 valence electrons. The Hall–Kier alpha value is -3.14. The summed E-state index contributed by atoms with van der Waals surface area (Å²) in [6.07, 6.45) is 0.967. The van der Waals surface area contributed by atoms with E-state index in [0.29, 0.717) is 12.1 Å². The molecule has 4 aromatic rings. The third-order valence-corrected chi connectivity index (χ3v) is 5.73. The zero-order valence-electron chi connectivity index (χ0n) is 18.0. The molecule has 0 radical (unpaired) electrons. The molecule has 0 bridgehead atoms. The maximum absolute atomic E-state index is 11.5. The van der Waals surface area contributed by atoms with Gasteiger partial charge >= 0.3 is 5.97 Å². The number of ether oxygens (including phenoxy) is 1. The Morgan fingerprint density at radius 3 is 2.64 bits per heavy atom. The van der Waals surface area contributed by atoms with Gasteiger partial charge in [0.05, 0.1) is 24.9 Å². The molecule has 33 heavy (non-hydrogen) atoms. The van der Waals surface area contributed by atoms with E-state index in [0.717, 1.165) is 46.6 Å². The van der Waals surface area contributed by atoms with Gasteiger partial charge in [-0.3, -0.25) is 0 Å². The molecule has 2 aromatic carbocycles. The zero-order valence-corrected chi connectivity index (χ0v) is 19.6. The van der Waals surface area contributed by atoms with Crippen LogP contribution in [0.3, 0.4) is 0 Å². The van der Waals surface area contributed by atoms with Crippen molar-refractivity contribution in [2.75, 3.05) is 19.4 Å². The maximum atomic E-state index is 11.5. The van der Waals surface area contributed by atoms with Crippen LogP contribution >= 0.6 is 24.2 Å². The fourth-order valence-corrected chi connectivity index (χ4v) is 3.92. The molecule has 0 unspecified atom stereocenters. The highest BCUT2D eigenvalue weighted by molar-refractivity contribution is 7.99. The second-order valence-electron chi connectivity index (χ2n) is 6.92. The van der Waals surface area contributed by atoms with E-state index >= 15 is 0 Å². The summed E-state index contributed by atoms with van der Waals surface area (Å²) >= 11 is 1.63. The lowest BCUT2D eigenvalue weighted by Crippen LogP contribution is -2.14. The van der Waals surface area contributed by atoms with Crippen LogP contribution < -0.4 is 5.32 Å². The summed E-state index contributed by atoms with van der Waals surface area (Å²) in [6.45, 7) is 1.50. The fourth-order valence-electron chi connectivity index (χ4n) is 3.09. The van der Waals surface area contributed by atoms with E-state index in [1.165, 1.54) is 7.11 Å². The van der Waals surface area contributed by atoms with Crippen LogP contribution in [0.2, 0.25) is 0 Å². The van der Waals surface area contributed by atoms with Crippen LogP contribution in [0, 0.1) is 0 Å². The zero-order chi connectivity index (χ0) is 22.2. The van der Waals surface area contributed by atoms with Gasteiger partial charge in [-0.15, -0.1) is 17.5 Å². The predicted molar refractivity (Wildman–Crippen MR) is 129 cm³/mol. The second-order valence-corrected chi connectivity index (χ2v) is 7.98. The summed E-state index contributed by atoms with van der Waals surface area (Å²) in [5, 5.41) is 16.2. The number of para-hydroxylation sites is 1. The Balaban J connectivity index is 0.00000306. The number of furan rings is 1. The van der Waals surface area contributed by atoms with Gasteiger partial charge in [-0.05, 0) is 59.8 Å².